The van der Waals surface area contributed by atoms with Crippen molar-refractivity contribution in [2.45, 2.75) is 13.8 Å². The number of pyridine rings is 2. The van der Waals surface area contributed by atoms with Gasteiger partial charge in [0, 0.05) is 18.1 Å². The van der Waals surface area contributed by atoms with Gasteiger partial charge in [0.15, 0.2) is 0 Å². The van der Waals surface area contributed by atoms with Gasteiger partial charge in [-0.3, -0.25) is 15.0 Å². The van der Waals surface area contributed by atoms with Crippen LogP contribution in [0.2, 0.25) is 0 Å². The van der Waals surface area contributed by atoms with Crippen LogP contribution in [0.4, 0.5) is 0 Å². The summed E-state index contributed by atoms with van der Waals surface area (Å²) in [4.78, 5) is 13.5. The van der Waals surface area contributed by atoms with Crippen molar-refractivity contribution in [3.05, 3.63) is 102 Å². The number of nitrogens with zero attached hydrogens (tertiary/aromatic N) is 3. The Morgan fingerprint density at radius 1 is 0.885 bits per heavy atom. The van der Waals surface area contributed by atoms with E-state index in [1.807, 2.05) is 80.6 Å². The first-order chi connectivity index (χ1) is 12.8. The Kier molecular flexibility index (Phi) is 5.84. The van der Waals surface area contributed by atoms with Gasteiger partial charge in [-0.15, -0.1) is 0 Å². The summed E-state index contributed by atoms with van der Waals surface area (Å²) in [5.41, 5.74) is 5.83. The molecule has 2 heterocycles. The molecule has 3 rings (SSSR count). The average molecular weight is 339 g/mol. The predicted molar refractivity (Wildman–Crippen MR) is 109 cm³/mol. The van der Waals surface area contributed by atoms with Gasteiger partial charge in [0.05, 0.1) is 17.1 Å². The van der Waals surface area contributed by atoms with Crippen LogP contribution in [-0.4, -0.2) is 15.7 Å². The Morgan fingerprint density at radius 3 is 2.38 bits per heavy atom. The van der Waals surface area contributed by atoms with Gasteiger partial charge in [-0.2, -0.15) is 0 Å². The molecular weight excluding hydrogens is 318 g/mol. The topological polar surface area (TPSA) is 38.1 Å². The molecule has 0 atom stereocenters. The molecular formula is C23H21N3. The monoisotopic (exact) mass is 339 g/mol. The first-order valence-corrected chi connectivity index (χ1v) is 8.59. The van der Waals surface area contributed by atoms with Gasteiger partial charge in [0.1, 0.15) is 0 Å². The highest BCUT2D eigenvalue weighted by Gasteiger charge is 2.00. The van der Waals surface area contributed by atoms with Gasteiger partial charge in [-0.1, -0.05) is 48.6 Å². The summed E-state index contributed by atoms with van der Waals surface area (Å²) in [6.07, 6.45) is 9.65. The predicted octanol–water partition coefficient (Wildman–Crippen LogP) is 5.57. The van der Waals surface area contributed by atoms with Crippen molar-refractivity contribution in [3.63, 3.8) is 0 Å². The summed E-state index contributed by atoms with van der Waals surface area (Å²) in [7, 11) is 0. The highest BCUT2D eigenvalue weighted by molar-refractivity contribution is 5.99. The molecule has 26 heavy (non-hydrogen) atoms. The molecule has 0 saturated carbocycles. The molecule has 0 aliphatic rings. The van der Waals surface area contributed by atoms with E-state index in [0.717, 1.165) is 33.9 Å². The minimum Gasteiger partial charge on any atom is -0.255 e. The molecule has 0 N–H and O–H groups in total. The normalized spacial score (nSPS) is 12.5. The van der Waals surface area contributed by atoms with E-state index in [9.17, 15) is 0 Å². The second-order valence-electron chi connectivity index (χ2n) is 5.80. The van der Waals surface area contributed by atoms with Crippen LogP contribution in [0.5, 0.6) is 0 Å². The molecule has 3 heteroatoms. The van der Waals surface area contributed by atoms with Crippen molar-refractivity contribution in [2.24, 2.45) is 4.99 Å². The molecule has 0 saturated heterocycles. The first-order valence-electron chi connectivity index (χ1n) is 8.59. The molecule has 0 amide bonds. The Hall–Kier alpha value is -3.33. The van der Waals surface area contributed by atoms with Gasteiger partial charge in [0.2, 0.25) is 0 Å². The summed E-state index contributed by atoms with van der Waals surface area (Å²) in [6, 6.07) is 20.0. The highest BCUT2D eigenvalue weighted by atomic mass is 14.8. The molecule has 1 aromatic carbocycles. The van der Waals surface area contributed by atoms with E-state index in [4.69, 9.17) is 4.99 Å². The zero-order chi connectivity index (χ0) is 18.2. The molecule has 0 aliphatic heterocycles. The standard InChI is InChI=1S/C23H21N3/c1-3-21(26-18(2)20-9-5-4-6-10-20)13-12-19-14-16-25-23(17-19)22-11-7-8-15-24-22/h3-17H,1-2H3/b13-12-,21-3-,26-18?. The van der Waals surface area contributed by atoms with Crippen molar-refractivity contribution >= 4 is 11.8 Å². The SMILES string of the molecule is C/C=C(/C=C\c1ccnc(-c2ccccn2)c1)N=C(C)c1ccccc1. The highest BCUT2D eigenvalue weighted by Crippen LogP contribution is 2.16. The third kappa shape index (κ3) is 4.61. The lowest BCUT2D eigenvalue weighted by atomic mass is 10.1. The lowest BCUT2D eigenvalue weighted by Gasteiger charge is -2.02. The Balaban J connectivity index is 1.80. The maximum Gasteiger partial charge on any atom is 0.0892 e. The molecule has 3 nitrogen and oxygen atoms in total. The zero-order valence-electron chi connectivity index (χ0n) is 15.0. The van der Waals surface area contributed by atoms with Crippen LogP contribution in [0.15, 0.2) is 95.9 Å². The smallest absolute Gasteiger partial charge is 0.0892 e. The lowest BCUT2D eigenvalue weighted by molar-refractivity contribution is 1.24. The fourth-order valence-corrected chi connectivity index (χ4v) is 2.52. The number of allylic oxidation sites excluding steroid dienone is 2. The molecule has 0 aliphatic carbocycles. The lowest BCUT2D eigenvalue weighted by Crippen LogP contribution is -1.94. The van der Waals surface area contributed by atoms with Crippen LogP contribution in [0.25, 0.3) is 17.5 Å². The average Bonchev–Trinajstić information content (AvgIpc) is 2.72. The van der Waals surface area contributed by atoms with Gasteiger partial charge in [-0.05, 0) is 55.3 Å². The van der Waals surface area contributed by atoms with Gasteiger partial charge in [-0.25, -0.2) is 0 Å². The van der Waals surface area contributed by atoms with Crippen molar-refractivity contribution < 1.29 is 0 Å². The van der Waals surface area contributed by atoms with Crippen molar-refractivity contribution in [3.8, 4) is 11.4 Å². The van der Waals surface area contributed by atoms with E-state index in [2.05, 4.69) is 22.1 Å². The first kappa shape index (κ1) is 17.5. The second kappa shape index (κ2) is 8.67. The van der Waals surface area contributed by atoms with Crippen molar-refractivity contribution in [1.82, 2.24) is 9.97 Å². The number of hydrogen-bond acceptors (Lipinski definition) is 3. The fourth-order valence-electron chi connectivity index (χ4n) is 2.52. The van der Waals surface area contributed by atoms with Gasteiger partial charge in [0.25, 0.3) is 0 Å². The molecule has 2 aromatic heterocycles. The molecule has 0 radical (unpaired) electrons. The van der Waals surface area contributed by atoms with Crippen LogP contribution in [0.3, 0.4) is 0 Å². The van der Waals surface area contributed by atoms with Crippen LogP contribution in [-0.2, 0) is 0 Å². The number of rotatable bonds is 5. The molecule has 3 aromatic rings. The Morgan fingerprint density at radius 2 is 1.65 bits per heavy atom. The van der Waals surface area contributed by atoms with Crippen LogP contribution in [0.1, 0.15) is 25.0 Å². The third-order valence-corrected chi connectivity index (χ3v) is 3.94. The number of aromatic nitrogens is 2. The van der Waals surface area contributed by atoms with E-state index in [-0.39, 0.29) is 0 Å². The van der Waals surface area contributed by atoms with E-state index in [0.29, 0.717) is 0 Å². The maximum atomic E-state index is 4.72. The maximum absolute atomic E-state index is 4.72. The molecule has 0 bridgehead atoms. The summed E-state index contributed by atoms with van der Waals surface area (Å²) >= 11 is 0. The van der Waals surface area contributed by atoms with Gasteiger partial charge >= 0.3 is 0 Å². The fraction of sp³-hybridized carbons (Fsp3) is 0.0870. The van der Waals surface area contributed by atoms with Crippen LogP contribution < -0.4 is 0 Å². The van der Waals surface area contributed by atoms with Gasteiger partial charge < -0.3 is 0 Å². The van der Waals surface area contributed by atoms with E-state index in [1.54, 1.807) is 12.4 Å². The molecule has 0 unspecified atom stereocenters. The minimum absolute atomic E-state index is 0.860. The molecule has 0 fully saturated rings. The summed E-state index contributed by atoms with van der Waals surface area (Å²) < 4.78 is 0. The van der Waals surface area contributed by atoms with Crippen molar-refractivity contribution in [2.75, 3.05) is 0 Å². The van der Waals surface area contributed by atoms with Crippen LogP contribution in [0, 0.1) is 0 Å². The van der Waals surface area contributed by atoms with E-state index in [1.165, 1.54) is 0 Å². The Labute approximate surface area is 154 Å². The quantitative estimate of drug-likeness (QED) is 0.450. The molecule has 0 spiro atoms. The van der Waals surface area contributed by atoms with E-state index >= 15 is 0 Å². The zero-order valence-corrected chi connectivity index (χ0v) is 15.0. The third-order valence-electron chi connectivity index (χ3n) is 3.94. The summed E-state index contributed by atoms with van der Waals surface area (Å²) in [5, 5.41) is 0. The number of benzene rings is 1. The van der Waals surface area contributed by atoms with Crippen molar-refractivity contribution in [1.29, 1.82) is 0 Å². The summed E-state index contributed by atoms with van der Waals surface area (Å²) in [6.45, 7) is 4.02. The number of aliphatic imine (C=N–C) groups is 1. The van der Waals surface area contributed by atoms with Crippen LogP contribution >= 0.6 is 0 Å². The summed E-state index contributed by atoms with van der Waals surface area (Å²) in [5.74, 6) is 0. The largest absolute Gasteiger partial charge is 0.255 e. The second-order valence-corrected chi connectivity index (χ2v) is 5.80. The molecule has 128 valence electrons. The number of hydrogen-bond donors (Lipinski definition) is 0. The minimum atomic E-state index is 0.860. The Bertz CT molecular complexity index is 939. The van der Waals surface area contributed by atoms with E-state index < -0.39 is 0 Å².